The zero-order valence-electron chi connectivity index (χ0n) is 8.53. The third kappa shape index (κ3) is 1.20. The first-order valence-corrected chi connectivity index (χ1v) is 4.40. The summed E-state index contributed by atoms with van der Waals surface area (Å²) in [6.45, 7) is 7.82. The molecule has 1 fully saturated rings. The quantitative estimate of drug-likeness (QED) is 0.598. The first-order valence-electron chi connectivity index (χ1n) is 4.40. The molecule has 0 radical (unpaired) electrons. The molecule has 13 heavy (non-hydrogen) atoms. The van der Waals surface area contributed by atoms with Crippen LogP contribution in [-0.2, 0) is 0 Å². The van der Waals surface area contributed by atoms with E-state index in [4.69, 9.17) is 5.11 Å². The van der Waals surface area contributed by atoms with Gasteiger partial charge in [0.2, 0.25) is 0 Å². The largest absolute Gasteiger partial charge is 0.465 e. The summed E-state index contributed by atoms with van der Waals surface area (Å²) in [5.74, 6) is 0. The zero-order chi connectivity index (χ0) is 10.4. The number of aliphatic hydroxyl groups excluding tert-OH is 1. The Balaban J connectivity index is 2.93. The number of carboxylic acid groups (broad SMARTS) is 1. The van der Waals surface area contributed by atoms with Gasteiger partial charge in [0.05, 0.1) is 18.2 Å². The third-order valence-corrected chi connectivity index (χ3v) is 3.31. The summed E-state index contributed by atoms with van der Waals surface area (Å²) in [6.07, 6.45) is -1.51. The molecule has 0 aromatic rings. The monoisotopic (exact) mass is 187 g/mol. The van der Waals surface area contributed by atoms with Gasteiger partial charge in [-0.25, -0.2) is 4.79 Å². The molecular weight excluding hydrogens is 170 g/mol. The number of carbonyl (C=O) groups is 1. The Hall–Kier alpha value is -0.770. The van der Waals surface area contributed by atoms with Crippen LogP contribution in [0.4, 0.5) is 4.79 Å². The van der Waals surface area contributed by atoms with Gasteiger partial charge in [-0.1, -0.05) is 20.8 Å². The van der Waals surface area contributed by atoms with Gasteiger partial charge in [-0.2, -0.15) is 0 Å². The minimum absolute atomic E-state index is 0.225. The lowest BCUT2D eigenvalue weighted by Crippen LogP contribution is -2.75. The number of rotatable bonds is 0. The zero-order valence-corrected chi connectivity index (χ0v) is 8.53. The number of hydrogen-bond donors (Lipinski definition) is 2. The summed E-state index contributed by atoms with van der Waals surface area (Å²) in [7, 11) is 0. The van der Waals surface area contributed by atoms with Gasteiger partial charge in [0, 0.05) is 0 Å². The highest BCUT2D eigenvalue weighted by atomic mass is 16.4. The van der Waals surface area contributed by atoms with Crippen LogP contribution < -0.4 is 0 Å². The molecular formula is C9H17NO3. The SMILES string of the molecule is CC(C)(C)[C@@]1(C)[C@H](O)CN1C(=O)O. The molecule has 2 N–H and O–H groups in total. The first kappa shape index (κ1) is 10.3. The predicted octanol–water partition coefficient (Wildman–Crippen LogP) is 1.15. The molecule has 0 aliphatic carbocycles. The molecule has 1 heterocycles. The van der Waals surface area contributed by atoms with E-state index in [-0.39, 0.29) is 12.0 Å². The summed E-state index contributed by atoms with van der Waals surface area (Å²) in [6, 6.07) is 0. The molecule has 0 saturated carbocycles. The minimum Gasteiger partial charge on any atom is -0.465 e. The molecule has 1 aliphatic heterocycles. The molecule has 76 valence electrons. The smallest absolute Gasteiger partial charge is 0.407 e. The predicted molar refractivity (Wildman–Crippen MR) is 48.6 cm³/mol. The van der Waals surface area contributed by atoms with Crippen LogP contribution in [0.5, 0.6) is 0 Å². The second kappa shape index (κ2) is 2.61. The normalized spacial score (nSPS) is 34.2. The van der Waals surface area contributed by atoms with Gasteiger partial charge in [0.25, 0.3) is 0 Å². The van der Waals surface area contributed by atoms with Crippen LogP contribution in [-0.4, -0.2) is 39.4 Å². The minimum atomic E-state index is -0.956. The highest BCUT2D eigenvalue weighted by Gasteiger charge is 2.58. The molecule has 2 atom stereocenters. The molecule has 1 rings (SSSR count). The Morgan fingerprint density at radius 1 is 1.54 bits per heavy atom. The van der Waals surface area contributed by atoms with Crippen LogP contribution in [0.15, 0.2) is 0 Å². The van der Waals surface area contributed by atoms with Crippen LogP contribution in [0.25, 0.3) is 0 Å². The Morgan fingerprint density at radius 2 is 2.00 bits per heavy atom. The van der Waals surface area contributed by atoms with Crippen molar-refractivity contribution in [2.45, 2.75) is 39.3 Å². The summed E-state index contributed by atoms with van der Waals surface area (Å²) in [5, 5.41) is 18.5. The fourth-order valence-corrected chi connectivity index (χ4v) is 1.79. The third-order valence-electron chi connectivity index (χ3n) is 3.31. The Kier molecular flexibility index (Phi) is 2.07. The van der Waals surface area contributed by atoms with Crippen LogP contribution >= 0.6 is 0 Å². The van der Waals surface area contributed by atoms with Crippen LogP contribution in [0.3, 0.4) is 0 Å². The molecule has 1 saturated heterocycles. The van der Waals surface area contributed by atoms with Gasteiger partial charge < -0.3 is 10.2 Å². The van der Waals surface area contributed by atoms with Crippen molar-refractivity contribution in [1.82, 2.24) is 4.90 Å². The fourth-order valence-electron chi connectivity index (χ4n) is 1.79. The van der Waals surface area contributed by atoms with Gasteiger partial charge in [0.15, 0.2) is 0 Å². The van der Waals surface area contributed by atoms with E-state index in [9.17, 15) is 9.90 Å². The van der Waals surface area contributed by atoms with Crippen molar-refractivity contribution in [2.75, 3.05) is 6.54 Å². The van der Waals surface area contributed by atoms with Crippen LogP contribution in [0.2, 0.25) is 0 Å². The number of aliphatic hydroxyl groups is 1. The van der Waals surface area contributed by atoms with Crippen molar-refractivity contribution in [2.24, 2.45) is 5.41 Å². The van der Waals surface area contributed by atoms with Gasteiger partial charge in [0.1, 0.15) is 0 Å². The lowest BCUT2D eigenvalue weighted by molar-refractivity contribution is -0.159. The Bertz CT molecular complexity index is 234. The molecule has 4 nitrogen and oxygen atoms in total. The number of β-amino-alcohol motifs (C(OH)–C–C–N with tert-alkyl or cyclic N) is 1. The van der Waals surface area contributed by atoms with E-state index in [0.29, 0.717) is 0 Å². The number of hydrogen-bond acceptors (Lipinski definition) is 2. The summed E-state index contributed by atoms with van der Waals surface area (Å²) < 4.78 is 0. The average molecular weight is 187 g/mol. The molecule has 1 aliphatic rings. The number of nitrogens with zero attached hydrogens (tertiary/aromatic N) is 1. The van der Waals surface area contributed by atoms with Crippen molar-refractivity contribution in [3.63, 3.8) is 0 Å². The van der Waals surface area contributed by atoms with Gasteiger partial charge in [-0.3, -0.25) is 4.90 Å². The topological polar surface area (TPSA) is 60.8 Å². The molecule has 1 amide bonds. The van der Waals surface area contributed by atoms with Crippen molar-refractivity contribution in [1.29, 1.82) is 0 Å². The fraction of sp³-hybridized carbons (Fsp3) is 0.889. The number of likely N-dealkylation sites (tertiary alicyclic amines) is 1. The maximum atomic E-state index is 10.8. The van der Waals surface area contributed by atoms with Crippen LogP contribution in [0, 0.1) is 5.41 Å². The van der Waals surface area contributed by atoms with Crippen molar-refractivity contribution < 1.29 is 15.0 Å². The Labute approximate surface area is 78.2 Å². The lowest BCUT2D eigenvalue weighted by atomic mass is 9.65. The molecule has 0 unspecified atom stereocenters. The van der Waals surface area contributed by atoms with Crippen LogP contribution in [0.1, 0.15) is 27.7 Å². The maximum Gasteiger partial charge on any atom is 0.407 e. The molecule has 0 aromatic heterocycles. The number of amides is 1. The van der Waals surface area contributed by atoms with Gasteiger partial charge in [-0.15, -0.1) is 0 Å². The van der Waals surface area contributed by atoms with E-state index >= 15 is 0 Å². The molecule has 0 spiro atoms. The van der Waals surface area contributed by atoms with E-state index in [2.05, 4.69) is 0 Å². The maximum absolute atomic E-state index is 10.8. The van der Waals surface area contributed by atoms with Gasteiger partial charge >= 0.3 is 6.09 Å². The summed E-state index contributed by atoms with van der Waals surface area (Å²) in [4.78, 5) is 12.1. The summed E-state index contributed by atoms with van der Waals surface area (Å²) in [5.41, 5.74) is -0.901. The average Bonchev–Trinajstić information content (AvgIpc) is 1.95. The molecule has 4 heteroatoms. The standard InChI is InChI=1S/C9H17NO3/c1-8(2,3)9(4)6(11)5-10(9)7(12)13/h6,11H,5H2,1-4H3,(H,12,13)/t6-,9-/m1/s1. The van der Waals surface area contributed by atoms with Crippen molar-refractivity contribution >= 4 is 6.09 Å². The Morgan fingerprint density at radius 3 is 2.15 bits per heavy atom. The highest BCUT2D eigenvalue weighted by Crippen LogP contribution is 2.44. The van der Waals surface area contributed by atoms with E-state index in [1.54, 1.807) is 6.92 Å². The molecule has 0 bridgehead atoms. The van der Waals surface area contributed by atoms with E-state index in [1.165, 1.54) is 4.90 Å². The van der Waals surface area contributed by atoms with E-state index in [0.717, 1.165) is 0 Å². The second-order valence-corrected chi connectivity index (χ2v) is 4.81. The molecule has 0 aromatic carbocycles. The van der Waals surface area contributed by atoms with Gasteiger partial charge in [-0.05, 0) is 12.3 Å². The second-order valence-electron chi connectivity index (χ2n) is 4.81. The van der Waals surface area contributed by atoms with E-state index < -0.39 is 17.7 Å². The van der Waals surface area contributed by atoms with E-state index in [1.807, 2.05) is 20.8 Å². The first-order chi connectivity index (χ1) is 5.71. The van der Waals surface area contributed by atoms with Crippen molar-refractivity contribution in [3.05, 3.63) is 0 Å². The highest BCUT2D eigenvalue weighted by molar-refractivity contribution is 5.68. The summed E-state index contributed by atoms with van der Waals surface area (Å²) >= 11 is 0. The lowest BCUT2D eigenvalue weighted by Gasteiger charge is -2.59. The van der Waals surface area contributed by atoms with Crippen molar-refractivity contribution in [3.8, 4) is 0 Å².